The van der Waals surface area contributed by atoms with Gasteiger partial charge in [0.2, 0.25) is 0 Å². The molecule has 5 nitrogen and oxygen atoms in total. The van der Waals surface area contributed by atoms with Gasteiger partial charge in [-0.3, -0.25) is 9.79 Å². The Morgan fingerprint density at radius 3 is 2.12 bits per heavy atom. The number of nitrogens with zero attached hydrogens (tertiary/aromatic N) is 2. The van der Waals surface area contributed by atoms with E-state index in [1.807, 2.05) is 0 Å². The molecule has 1 unspecified atom stereocenters. The summed E-state index contributed by atoms with van der Waals surface area (Å²) in [6.07, 6.45) is -4.63. The molecule has 1 fully saturated rings. The number of benzene rings is 1. The van der Waals surface area contributed by atoms with Gasteiger partial charge in [-0.2, -0.15) is 13.2 Å². The minimum atomic E-state index is -4.63. The third kappa shape index (κ3) is 3.45. The van der Waals surface area contributed by atoms with Crippen molar-refractivity contribution in [3.8, 4) is 0 Å². The molecule has 1 saturated heterocycles. The van der Waals surface area contributed by atoms with Crippen molar-refractivity contribution in [2.24, 2.45) is 4.99 Å². The number of rotatable bonds is 2. The van der Waals surface area contributed by atoms with Crippen LogP contribution in [0.1, 0.15) is 31.6 Å². The van der Waals surface area contributed by atoms with Gasteiger partial charge < -0.3 is 0 Å². The van der Waals surface area contributed by atoms with E-state index in [0.29, 0.717) is 4.31 Å². The third-order valence-corrected chi connectivity index (χ3v) is 5.66. The van der Waals surface area contributed by atoms with Crippen molar-refractivity contribution in [3.63, 3.8) is 0 Å². The summed E-state index contributed by atoms with van der Waals surface area (Å²) >= 11 is 0. The van der Waals surface area contributed by atoms with Gasteiger partial charge in [-0.05, 0) is 26.3 Å². The van der Waals surface area contributed by atoms with Gasteiger partial charge >= 0.3 is 6.18 Å². The molecule has 0 aliphatic carbocycles. The van der Waals surface area contributed by atoms with Crippen LogP contribution in [0.4, 0.5) is 13.2 Å². The van der Waals surface area contributed by atoms with Crippen LogP contribution in [0.5, 0.6) is 0 Å². The fourth-order valence-corrected chi connectivity index (χ4v) is 4.81. The van der Waals surface area contributed by atoms with Gasteiger partial charge in [0, 0.05) is 0 Å². The van der Waals surface area contributed by atoms with E-state index in [1.165, 1.54) is 32.9 Å². The third-order valence-electron chi connectivity index (χ3n) is 3.34. The van der Waals surface area contributed by atoms with Crippen LogP contribution in [-0.2, 0) is 14.8 Å². The summed E-state index contributed by atoms with van der Waals surface area (Å²) in [5, 5.41) is -1.53. The molecule has 1 heterocycles. The van der Waals surface area contributed by atoms with Gasteiger partial charge in [-0.25, -0.2) is 12.7 Å². The van der Waals surface area contributed by atoms with Crippen LogP contribution >= 0.6 is 0 Å². The van der Waals surface area contributed by atoms with Crippen LogP contribution in [-0.4, -0.2) is 42.6 Å². The number of aliphatic imine (C=N–C) groups is 1. The molecule has 9 heteroatoms. The quantitative estimate of drug-likeness (QED) is 0.812. The van der Waals surface area contributed by atoms with E-state index in [0.717, 1.165) is 0 Å². The number of halogens is 3. The highest BCUT2D eigenvalue weighted by Crippen LogP contribution is 2.39. The van der Waals surface area contributed by atoms with Gasteiger partial charge in [-0.15, -0.1) is 0 Å². The first-order valence-corrected chi connectivity index (χ1v) is 8.60. The number of carbonyl (C=O) groups excluding carboxylic acids is 1. The lowest BCUT2D eigenvalue weighted by Gasteiger charge is -2.30. The summed E-state index contributed by atoms with van der Waals surface area (Å²) < 4.78 is 63.8. The summed E-state index contributed by atoms with van der Waals surface area (Å²) in [4.78, 5) is 15.8. The predicted octanol–water partition coefficient (Wildman–Crippen LogP) is 2.70. The molecule has 0 aromatic heterocycles. The standard InChI is InChI=1S/C15H17F3N2O3S/c1-14(2,3)20-13(21)11(19-9-15(16,17)18)12(24(20,22)23)10-7-5-4-6-8-10/h4-8,12H,9H2,1-3H3. The molecule has 1 aromatic rings. The van der Waals surface area contributed by atoms with Crippen LogP contribution < -0.4 is 0 Å². The number of hydrogen-bond acceptors (Lipinski definition) is 4. The molecule has 0 N–H and O–H groups in total. The first kappa shape index (κ1) is 18.4. The highest BCUT2D eigenvalue weighted by Gasteiger charge is 2.54. The van der Waals surface area contributed by atoms with Crippen molar-refractivity contribution in [2.45, 2.75) is 37.7 Å². The molecule has 1 atom stereocenters. The molecular weight excluding hydrogens is 345 g/mol. The van der Waals surface area contributed by atoms with Crippen molar-refractivity contribution in [1.82, 2.24) is 4.31 Å². The van der Waals surface area contributed by atoms with E-state index in [1.54, 1.807) is 18.2 Å². The fraction of sp³-hybridized carbons (Fsp3) is 0.467. The second-order valence-electron chi connectivity index (χ2n) is 6.39. The van der Waals surface area contributed by atoms with Crippen LogP contribution in [0.2, 0.25) is 0 Å². The second-order valence-corrected chi connectivity index (χ2v) is 8.26. The molecule has 0 saturated carbocycles. The lowest BCUT2D eigenvalue weighted by atomic mass is 10.1. The number of carbonyl (C=O) groups is 1. The Morgan fingerprint density at radius 2 is 1.67 bits per heavy atom. The predicted molar refractivity (Wildman–Crippen MR) is 83.1 cm³/mol. The van der Waals surface area contributed by atoms with Gasteiger partial charge in [0.15, 0.2) is 5.25 Å². The number of amides is 1. The van der Waals surface area contributed by atoms with Gasteiger partial charge in [-0.1, -0.05) is 30.3 Å². The van der Waals surface area contributed by atoms with Crippen molar-refractivity contribution in [2.75, 3.05) is 6.54 Å². The molecule has 1 aromatic carbocycles. The van der Waals surface area contributed by atoms with E-state index >= 15 is 0 Å². The van der Waals surface area contributed by atoms with Crippen molar-refractivity contribution < 1.29 is 26.4 Å². The first-order valence-electron chi connectivity index (χ1n) is 7.10. The Kier molecular flexibility index (Phi) is 4.51. The van der Waals surface area contributed by atoms with Gasteiger partial charge in [0.1, 0.15) is 12.3 Å². The SMILES string of the molecule is CC(C)(C)N1C(=O)C(=NCC(F)(F)F)C(c2ccccc2)S1(=O)=O. The largest absolute Gasteiger partial charge is 0.407 e. The van der Waals surface area contributed by atoms with E-state index in [-0.39, 0.29) is 5.56 Å². The highest BCUT2D eigenvalue weighted by molar-refractivity contribution is 7.91. The normalized spacial score (nSPS) is 23.1. The highest BCUT2D eigenvalue weighted by atomic mass is 32.2. The summed E-state index contributed by atoms with van der Waals surface area (Å²) in [6.45, 7) is 2.89. The number of hydrogen-bond donors (Lipinski definition) is 0. The van der Waals surface area contributed by atoms with E-state index in [4.69, 9.17) is 0 Å². The van der Waals surface area contributed by atoms with Crippen LogP contribution in [0, 0.1) is 0 Å². The van der Waals surface area contributed by atoms with Crippen LogP contribution in [0.15, 0.2) is 35.3 Å². The average Bonchev–Trinajstić information content (AvgIpc) is 2.61. The van der Waals surface area contributed by atoms with Gasteiger partial charge in [0.05, 0.1) is 5.54 Å². The maximum atomic E-state index is 12.8. The molecular formula is C15H17F3N2O3S. The average molecular weight is 362 g/mol. The molecule has 1 aliphatic rings. The summed E-state index contributed by atoms with van der Waals surface area (Å²) in [5.74, 6) is -1.01. The van der Waals surface area contributed by atoms with Crippen molar-refractivity contribution in [3.05, 3.63) is 35.9 Å². The van der Waals surface area contributed by atoms with Crippen molar-refractivity contribution >= 4 is 21.6 Å². The first-order chi connectivity index (χ1) is 10.9. The van der Waals surface area contributed by atoms with Gasteiger partial charge in [0.25, 0.3) is 15.9 Å². The van der Waals surface area contributed by atoms with E-state index in [2.05, 4.69) is 4.99 Å². The topological polar surface area (TPSA) is 66.8 Å². The molecule has 0 radical (unpaired) electrons. The van der Waals surface area contributed by atoms with E-state index < -0.39 is 45.2 Å². The zero-order valence-electron chi connectivity index (χ0n) is 13.3. The summed E-state index contributed by atoms with van der Waals surface area (Å²) in [7, 11) is -4.22. The maximum Gasteiger partial charge on any atom is 0.407 e. The smallest absolute Gasteiger partial charge is 0.273 e. The van der Waals surface area contributed by atoms with Crippen LogP contribution in [0.3, 0.4) is 0 Å². The van der Waals surface area contributed by atoms with Crippen LogP contribution in [0.25, 0.3) is 0 Å². The lowest BCUT2D eigenvalue weighted by Crippen LogP contribution is -2.45. The minimum Gasteiger partial charge on any atom is -0.273 e. The molecule has 24 heavy (non-hydrogen) atoms. The lowest BCUT2D eigenvalue weighted by molar-refractivity contribution is -0.122. The van der Waals surface area contributed by atoms with Crippen molar-refractivity contribution in [1.29, 1.82) is 0 Å². The molecule has 132 valence electrons. The Labute approximate surface area is 138 Å². The second kappa shape index (κ2) is 5.87. The molecule has 1 aliphatic heterocycles. The monoisotopic (exact) mass is 362 g/mol. The Hall–Kier alpha value is -1.90. The van der Waals surface area contributed by atoms with E-state index in [9.17, 15) is 26.4 Å². The molecule has 0 spiro atoms. The number of sulfonamides is 1. The zero-order valence-corrected chi connectivity index (χ0v) is 14.1. The summed E-state index contributed by atoms with van der Waals surface area (Å²) in [6, 6.07) is 7.64. The Balaban J connectivity index is 2.64. The minimum absolute atomic E-state index is 0.207. The fourth-order valence-electron chi connectivity index (χ4n) is 2.55. The summed E-state index contributed by atoms with van der Waals surface area (Å²) in [5.41, 5.74) is -1.51. The Morgan fingerprint density at radius 1 is 1.12 bits per heavy atom. The molecule has 1 amide bonds. The molecule has 0 bridgehead atoms. The number of alkyl halides is 3. The zero-order chi connectivity index (χ0) is 18.3. The Bertz CT molecular complexity index is 765. The maximum absolute atomic E-state index is 12.8. The molecule has 2 rings (SSSR count).